The number of alkyl halides is 7. The molecule has 0 aliphatic carbocycles. The van der Waals surface area contributed by atoms with Gasteiger partial charge in [0.1, 0.15) is 10.6 Å². The third-order valence-electron chi connectivity index (χ3n) is 6.78. The number of nitrogens with one attached hydrogen (secondary N) is 1. The van der Waals surface area contributed by atoms with Crippen LogP contribution in [0.4, 0.5) is 35.1 Å². The summed E-state index contributed by atoms with van der Waals surface area (Å²) in [4.78, 5) is 27.3. The molecule has 6 nitrogen and oxygen atoms in total. The normalized spacial score (nSPS) is 18.6. The summed E-state index contributed by atoms with van der Waals surface area (Å²) in [6.07, 6.45) is -12.0. The van der Waals surface area contributed by atoms with Crippen LogP contribution >= 0.6 is 0 Å². The fraction of sp³-hybridized carbons (Fsp3) is 0.280. The number of nitrogens with zero attached hydrogens (tertiary/aromatic N) is 1. The Bertz CT molecular complexity index is 1550. The van der Waals surface area contributed by atoms with E-state index >= 15 is 0 Å². The fourth-order valence-corrected chi connectivity index (χ4v) is 6.70. The van der Waals surface area contributed by atoms with Gasteiger partial charge in [0.15, 0.2) is 9.84 Å². The van der Waals surface area contributed by atoms with Crippen LogP contribution in [0.25, 0.3) is 0 Å². The zero-order valence-corrected chi connectivity index (χ0v) is 20.8. The van der Waals surface area contributed by atoms with Crippen LogP contribution in [0.5, 0.6) is 0 Å². The van der Waals surface area contributed by atoms with Gasteiger partial charge in [0.25, 0.3) is 5.91 Å². The van der Waals surface area contributed by atoms with E-state index in [1.54, 1.807) is 0 Å². The summed E-state index contributed by atoms with van der Waals surface area (Å²) in [6.45, 7) is -0.832. The van der Waals surface area contributed by atoms with Gasteiger partial charge in [0, 0.05) is 30.9 Å². The lowest BCUT2D eigenvalue weighted by molar-refractivity contribution is -0.348. The van der Waals surface area contributed by atoms with Gasteiger partial charge in [-0.25, -0.2) is 17.2 Å². The van der Waals surface area contributed by atoms with Gasteiger partial charge >= 0.3 is 18.0 Å². The monoisotopic (exact) mass is 594 g/mol. The molecule has 2 heterocycles. The molecule has 3 aromatic rings. The van der Waals surface area contributed by atoms with Crippen molar-refractivity contribution in [1.29, 1.82) is 0 Å². The molecule has 1 aliphatic heterocycles. The average molecular weight is 594 g/mol. The molecule has 1 aliphatic rings. The first kappa shape index (κ1) is 29.2. The SMILES string of the molecule is O=C(c1ccc(=O)[nH]c1)N1CCC(c2ccc(C(F)(C(F)(F)F)C(F)(F)F)cc2)(S(=O)(=O)c2ccc(F)cc2)C1. The van der Waals surface area contributed by atoms with Crippen molar-refractivity contribution < 1.29 is 48.3 Å². The van der Waals surface area contributed by atoms with Gasteiger partial charge < -0.3 is 9.88 Å². The van der Waals surface area contributed by atoms with E-state index in [4.69, 9.17) is 0 Å². The molecule has 1 atom stereocenters. The zero-order chi connectivity index (χ0) is 29.7. The molecule has 214 valence electrons. The fourth-order valence-electron chi connectivity index (χ4n) is 4.62. The molecule has 0 radical (unpaired) electrons. The van der Waals surface area contributed by atoms with E-state index in [1.807, 2.05) is 0 Å². The second-order valence-corrected chi connectivity index (χ2v) is 11.4. The minimum atomic E-state index is -6.38. The number of carbonyl (C=O) groups is 1. The molecule has 0 bridgehead atoms. The molecule has 1 saturated heterocycles. The van der Waals surface area contributed by atoms with E-state index in [2.05, 4.69) is 4.98 Å². The highest BCUT2D eigenvalue weighted by molar-refractivity contribution is 7.92. The Labute approximate surface area is 221 Å². The number of likely N-dealkylation sites (tertiary alicyclic amines) is 1. The standard InChI is InChI=1S/C25H18F8N2O4S/c26-18-6-8-19(9-7-18)40(38,39)22(11-12-35(14-22)21(37)15-1-10-20(36)34-13-15)16-2-4-17(5-3-16)23(27,24(28,29)30)25(31,32)33/h1-10,13H,11-12,14H2,(H,34,36). The van der Waals surface area contributed by atoms with Crippen LogP contribution in [0.1, 0.15) is 27.9 Å². The topological polar surface area (TPSA) is 87.3 Å². The van der Waals surface area contributed by atoms with Gasteiger partial charge in [-0.15, -0.1) is 0 Å². The lowest BCUT2D eigenvalue weighted by Gasteiger charge is -2.32. The lowest BCUT2D eigenvalue weighted by atomic mass is 9.90. The van der Waals surface area contributed by atoms with E-state index < -0.39 is 66.9 Å². The lowest BCUT2D eigenvalue weighted by Crippen LogP contribution is -2.50. The van der Waals surface area contributed by atoms with Crippen LogP contribution < -0.4 is 5.56 Å². The molecule has 15 heteroatoms. The molecule has 4 rings (SSSR count). The first-order valence-corrected chi connectivity index (χ1v) is 12.8. The van der Waals surface area contributed by atoms with Gasteiger partial charge in [0.2, 0.25) is 5.56 Å². The molecule has 1 amide bonds. The number of halogens is 8. The summed E-state index contributed by atoms with van der Waals surface area (Å²) in [5.41, 5.74) is -8.41. The van der Waals surface area contributed by atoms with Crippen LogP contribution in [0, 0.1) is 5.82 Å². The number of hydrogen-bond donors (Lipinski definition) is 1. The van der Waals surface area contributed by atoms with Crippen molar-refractivity contribution in [3.63, 3.8) is 0 Å². The third-order valence-corrected chi connectivity index (χ3v) is 9.27. The predicted molar refractivity (Wildman–Crippen MR) is 124 cm³/mol. The third kappa shape index (κ3) is 4.65. The highest BCUT2D eigenvalue weighted by Gasteiger charge is 2.73. The van der Waals surface area contributed by atoms with Crippen molar-refractivity contribution in [2.24, 2.45) is 0 Å². The Morgan fingerprint density at radius 2 is 1.43 bits per heavy atom. The highest BCUT2D eigenvalue weighted by atomic mass is 32.2. The van der Waals surface area contributed by atoms with Gasteiger partial charge in [0.05, 0.1) is 10.5 Å². The largest absolute Gasteiger partial charge is 0.435 e. The van der Waals surface area contributed by atoms with Crippen molar-refractivity contribution in [3.05, 3.63) is 99.7 Å². The van der Waals surface area contributed by atoms with E-state index in [9.17, 15) is 53.1 Å². The summed E-state index contributed by atoms with van der Waals surface area (Å²) in [7, 11) is -4.59. The molecular weight excluding hydrogens is 576 g/mol. The summed E-state index contributed by atoms with van der Waals surface area (Å²) < 4.78 is 133. The van der Waals surface area contributed by atoms with Gasteiger partial charge in [-0.2, -0.15) is 26.3 Å². The summed E-state index contributed by atoms with van der Waals surface area (Å²) in [5, 5.41) is 0. The van der Waals surface area contributed by atoms with Crippen LogP contribution in [0.3, 0.4) is 0 Å². The maximum absolute atomic E-state index is 14.6. The average Bonchev–Trinajstić information content (AvgIpc) is 3.35. The molecule has 1 N–H and O–H groups in total. The quantitative estimate of drug-likeness (QED) is 0.332. The van der Waals surface area contributed by atoms with Crippen LogP contribution in [0.2, 0.25) is 0 Å². The minimum Gasteiger partial charge on any atom is -0.337 e. The van der Waals surface area contributed by atoms with Crippen LogP contribution in [-0.4, -0.2) is 49.7 Å². The molecule has 0 saturated carbocycles. The Balaban J connectivity index is 1.83. The summed E-state index contributed by atoms with van der Waals surface area (Å²) in [5.74, 6) is -1.50. The van der Waals surface area contributed by atoms with Gasteiger partial charge in [-0.1, -0.05) is 24.3 Å². The number of H-pyrrole nitrogens is 1. The molecule has 2 aromatic carbocycles. The first-order valence-electron chi connectivity index (χ1n) is 11.4. The second-order valence-electron chi connectivity index (χ2n) is 9.10. The molecule has 40 heavy (non-hydrogen) atoms. The Hall–Kier alpha value is -3.75. The van der Waals surface area contributed by atoms with Gasteiger partial charge in [-0.3, -0.25) is 9.59 Å². The van der Waals surface area contributed by atoms with E-state index in [-0.39, 0.29) is 36.2 Å². The van der Waals surface area contributed by atoms with Crippen molar-refractivity contribution in [3.8, 4) is 0 Å². The number of aromatic nitrogens is 1. The summed E-state index contributed by atoms with van der Waals surface area (Å²) >= 11 is 0. The molecular formula is C25H18F8N2O4S. The number of benzene rings is 2. The number of pyridine rings is 1. The Morgan fingerprint density at radius 1 is 0.850 bits per heavy atom. The Morgan fingerprint density at radius 3 is 1.93 bits per heavy atom. The number of hydrogen-bond acceptors (Lipinski definition) is 4. The van der Waals surface area contributed by atoms with Crippen LogP contribution in [0.15, 0.2) is 76.6 Å². The van der Waals surface area contributed by atoms with Crippen molar-refractivity contribution in [2.45, 2.75) is 34.1 Å². The van der Waals surface area contributed by atoms with Crippen LogP contribution in [-0.2, 0) is 20.3 Å². The zero-order valence-electron chi connectivity index (χ0n) is 20.0. The number of carbonyl (C=O) groups excluding carboxylic acids is 1. The number of aromatic amines is 1. The second kappa shape index (κ2) is 9.71. The number of rotatable bonds is 5. The molecule has 0 spiro atoms. The highest BCUT2D eigenvalue weighted by Crippen LogP contribution is 2.53. The van der Waals surface area contributed by atoms with E-state index in [0.717, 1.165) is 41.4 Å². The molecule has 1 fully saturated rings. The number of amides is 1. The first-order chi connectivity index (χ1) is 18.4. The van der Waals surface area contributed by atoms with Crippen molar-refractivity contribution in [2.75, 3.05) is 13.1 Å². The summed E-state index contributed by atoms with van der Waals surface area (Å²) in [6, 6.07) is 7.43. The van der Waals surface area contributed by atoms with Crippen molar-refractivity contribution >= 4 is 15.7 Å². The maximum Gasteiger partial charge on any atom is 0.435 e. The maximum atomic E-state index is 14.6. The van der Waals surface area contributed by atoms with E-state index in [0.29, 0.717) is 12.1 Å². The Kier molecular flexibility index (Phi) is 7.10. The van der Waals surface area contributed by atoms with E-state index in [1.165, 1.54) is 6.07 Å². The van der Waals surface area contributed by atoms with Crippen molar-refractivity contribution in [1.82, 2.24) is 9.88 Å². The van der Waals surface area contributed by atoms with Gasteiger partial charge in [-0.05, 0) is 42.3 Å². The molecule has 1 unspecified atom stereocenters. The predicted octanol–water partition coefficient (Wildman–Crippen LogP) is 5.02. The molecule has 1 aromatic heterocycles. The smallest absolute Gasteiger partial charge is 0.337 e. The number of sulfone groups is 1. The minimum absolute atomic E-state index is 0.0255.